The van der Waals surface area contributed by atoms with Crippen molar-refractivity contribution in [2.45, 2.75) is 46.2 Å². The van der Waals surface area contributed by atoms with Gasteiger partial charge in [-0.1, -0.05) is 11.6 Å². The SMILES string of the molecule is CC=C(C)CCc1cn(CC(C)NC)c(=O)[nH]c1=O. The normalized spacial score (nSPS) is 13.6. The first-order chi connectivity index (χ1) is 8.97. The maximum atomic E-state index is 11.7. The molecule has 1 rings (SSSR count). The third-order valence-corrected chi connectivity index (χ3v) is 3.33. The molecule has 0 fully saturated rings. The van der Waals surface area contributed by atoms with Gasteiger partial charge in [-0.3, -0.25) is 14.3 Å². The summed E-state index contributed by atoms with van der Waals surface area (Å²) in [5.74, 6) is 0. The first-order valence-electron chi connectivity index (χ1n) is 6.59. The van der Waals surface area contributed by atoms with Crippen molar-refractivity contribution in [2.24, 2.45) is 0 Å². The van der Waals surface area contributed by atoms with Gasteiger partial charge in [0.25, 0.3) is 5.56 Å². The number of aromatic amines is 1. The summed E-state index contributed by atoms with van der Waals surface area (Å²) in [5.41, 5.74) is 1.27. The number of aryl methyl sites for hydroxylation is 1. The second-order valence-electron chi connectivity index (χ2n) is 4.89. The molecular formula is C14H23N3O2. The molecule has 19 heavy (non-hydrogen) atoms. The monoisotopic (exact) mass is 265 g/mol. The highest BCUT2D eigenvalue weighted by Gasteiger charge is 2.07. The molecule has 0 saturated carbocycles. The van der Waals surface area contributed by atoms with Crippen LogP contribution in [0.15, 0.2) is 27.4 Å². The van der Waals surface area contributed by atoms with Gasteiger partial charge in [0.2, 0.25) is 0 Å². The second-order valence-corrected chi connectivity index (χ2v) is 4.89. The maximum absolute atomic E-state index is 11.7. The molecule has 1 heterocycles. The first-order valence-corrected chi connectivity index (χ1v) is 6.59. The fourth-order valence-corrected chi connectivity index (χ4v) is 1.73. The van der Waals surface area contributed by atoms with E-state index in [4.69, 9.17) is 0 Å². The van der Waals surface area contributed by atoms with Gasteiger partial charge >= 0.3 is 5.69 Å². The average molecular weight is 265 g/mol. The predicted octanol–water partition coefficient (Wildman–Crippen LogP) is 1.04. The van der Waals surface area contributed by atoms with Crippen LogP contribution in [-0.4, -0.2) is 22.6 Å². The largest absolute Gasteiger partial charge is 0.328 e. The molecule has 106 valence electrons. The lowest BCUT2D eigenvalue weighted by molar-refractivity contribution is 0.495. The van der Waals surface area contributed by atoms with E-state index in [1.54, 1.807) is 10.8 Å². The molecule has 1 aromatic rings. The van der Waals surface area contributed by atoms with Crippen LogP contribution in [0.1, 0.15) is 32.8 Å². The molecule has 1 unspecified atom stereocenters. The fourth-order valence-electron chi connectivity index (χ4n) is 1.73. The van der Waals surface area contributed by atoms with Crippen molar-refractivity contribution in [1.82, 2.24) is 14.9 Å². The number of likely N-dealkylation sites (N-methyl/N-ethyl adjacent to an activating group) is 1. The number of rotatable bonds is 6. The van der Waals surface area contributed by atoms with Crippen molar-refractivity contribution >= 4 is 0 Å². The number of hydrogen-bond donors (Lipinski definition) is 2. The van der Waals surface area contributed by atoms with Crippen LogP contribution in [0.4, 0.5) is 0 Å². The van der Waals surface area contributed by atoms with E-state index in [2.05, 4.69) is 10.3 Å². The van der Waals surface area contributed by atoms with E-state index in [-0.39, 0.29) is 17.3 Å². The zero-order valence-electron chi connectivity index (χ0n) is 12.1. The van der Waals surface area contributed by atoms with Crippen LogP contribution in [-0.2, 0) is 13.0 Å². The highest BCUT2D eigenvalue weighted by Crippen LogP contribution is 2.04. The highest BCUT2D eigenvalue weighted by molar-refractivity contribution is 5.08. The van der Waals surface area contributed by atoms with E-state index >= 15 is 0 Å². The van der Waals surface area contributed by atoms with Crippen LogP contribution in [0.5, 0.6) is 0 Å². The smallest absolute Gasteiger partial charge is 0.315 e. The summed E-state index contributed by atoms with van der Waals surface area (Å²) >= 11 is 0. The topological polar surface area (TPSA) is 66.9 Å². The Morgan fingerprint density at radius 3 is 2.79 bits per heavy atom. The molecule has 0 aliphatic carbocycles. The summed E-state index contributed by atoms with van der Waals surface area (Å²) in [4.78, 5) is 25.8. The van der Waals surface area contributed by atoms with Crippen molar-refractivity contribution in [3.05, 3.63) is 44.2 Å². The Hall–Kier alpha value is -1.62. The zero-order valence-corrected chi connectivity index (χ0v) is 12.1. The molecule has 0 spiro atoms. The molecule has 1 atom stereocenters. The van der Waals surface area contributed by atoms with Gasteiger partial charge in [0.1, 0.15) is 0 Å². The van der Waals surface area contributed by atoms with Crippen molar-refractivity contribution in [2.75, 3.05) is 7.05 Å². The molecule has 1 aromatic heterocycles. The Morgan fingerprint density at radius 2 is 2.21 bits per heavy atom. The van der Waals surface area contributed by atoms with Crippen LogP contribution >= 0.6 is 0 Å². The van der Waals surface area contributed by atoms with Gasteiger partial charge in [-0.2, -0.15) is 0 Å². The molecule has 5 nitrogen and oxygen atoms in total. The molecule has 0 bridgehead atoms. The van der Waals surface area contributed by atoms with Crippen LogP contribution in [0.2, 0.25) is 0 Å². The van der Waals surface area contributed by atoms with E-state index < -0.39 is 0 Å². The van der Waals surface area contributed by atoms with Gasteiger partial charge in [-0.25, -0.2) is 4.79 Å². The van der Waals surface area contributed by atoms with Gasteiger partial charge in [0, 0.05) is 24.3 Å². The number of nitrogens with one attached hydrogen (secondary N) is 2. The Labute approximate surface area is 113 Å². The summed E-state index contributed by atoms with van der Waals surface area (Å²) in [5, 5.41) is 3.07. The molecule has 5 heteroatoms. The third kappa shape index (κ3) is 4.52. The van der Waals surface area contributed by atoms with Crippen molar-refractivity contribution in [3.8, 4) is 0 Å². The Balaban J connectivity index is 2.96. The molecule has 0 aliphatic heterocycles. The summed E-state index contributed by atoms with van der Waals surface area (Å²) in [6.07, 6.45) is 5.20. The van der Waals surface area contributed by atoms with Crippen LogP contribution in [0, 0.1) is 0 Å². The van der Waals surface area contributed by atoms with Gasteiger partial charge in [0.15, 0.2) is 0 Å². The fraction of sp³-hybridized carbons (Fsp3) is 0.571. The minimum Gasteiger partial charge on any atom is -0.315 e. The standard InChI is InChI=1S/C14H23N3O2/c1-5-10(2)6-7-12-9-17(8-11(3)15-4)14(19)16-13(12)18/h5,9,11,15H,6-8H2,1-4H3,(H,16,18,19). The summed E-state index contributed by atoms with van der Waals surface area (Å²) < 4.78 is 1.56. The Morgan fingerprint density at radius 1 is 1.53 bits per heavy atom. The second kappa shape index (κ2) is 7.09. The third-order valence-electron chi connectivity index (χ3n) is 3.33. The molecule has 2 N–H and O–H groups in total. The molecule has 0 aromatic carbocycles. The van der Waals surface area contributed by atoms with E-state index in [9.17, 15) is 9.59 Å². The van der Waals surface area contributed by atoms with Crippen molar-refractivity contribution in [1.29, 1.82) is 0 Å². The number of H-pyrrole nitrogens is 1. The number of hydrogen-bond acceptors (Lipinski definition) is 3. The average Bonchev–Trinajstić information content (AvgIpc) is 2.39. The van der Waals surface area contributed by atoms with E-state index in [0.717, 1.165) is 6.42 Å². The summed E-state index contributed by atoms with van der Waals surface area (Å²) in [6, 6.07) is 0.175. The Bertz CT molecular complexity index is 555. The minimum atomic E-state index is -0.349. The highest BCUT2D eigenvalue weighted by atomic mass is 16.2. The molecular weight excluding hydrogens is 242 g/mol. The lowest BCUT2D eigenvalue weighted by Crippen LogP contribution is -2.37. The minimum absolute atomic E-state index is 0.175. The summed E-state index contributed by atoms with van der Waals surface area (Å²) in [7, 11) is 1.84. The van der Waals surface area contributed by atoms with Crippen molar-refractivity contribution < 1.29 is 0 Å². The first kappa shape index (κ1) is 15.4. The molecule has 0 amide bonds. The lowest BCUT2D eigenvalue weighted by atomic mass is 10.1. The Kier molecular flexibility index (Phi) is 5.76. The lowest BCUT2D eigenvalue weighted by Gasteiger charge is -2.13. The van der Waals surface area contributed by atoms with E-state index in [1.165, 1.54) is 5.57 Å². The molecule has 0 radical (unpaired) electrons. The molecule has 0 saturated heterocycles. The summed E-state index contributed by atoms with van der Waals surface area (Å²) in [6.45, 7) is 6.55. The van der Waals surface area contributed by atoms with Crippen molar-refractivity contribution in [3.63, 3.8) is 0 Å². The van der Waals surface area contributed by atoms with Crippen LogP contribution in [0.25, 0.3) is 0 Å². The molecule has 0 aliphatic rings. The quantitative estimate of drug-likeness (QED) is 0.755. The number of allylic oxidation sites excluding steroid dienone is 2. The van der Waals surface area contributed by atoms with E-state index in [0.29, 0.717) is 18.5 Å². The van der Waals surface area contributed by atoms with Crippen LogP contribution in [0.3, 0.4) is 0 Å². The van der Waals surface area contributed by atoms with Gasteiger partial charge < -0.3 is 5.32 Å². The number of nitrogens with zero attached hydrogens (tertiary/aromatic N) is 1. The zero-order chi connectivity index (χ0) is 14.4. The number of aromatic nitrogens is 2. The predicted molar refractivity (Wildman–Crippen MR) is 77.6 cm³/mol. The van der Waals surface area contributed by atoms with Gasteiger partial charge in [-0.15, -0.1) is 0 Å². The van der Waals surface area contributed by atoms with E-state index in [1.807, 2.05) is 33.9 Å². The maximum Gasteiger partial charge on any atom is 0.328 e. The van der Waals surface area contributed by atoms with Gasteiger partial charge in [0.05, 0.1) is 0 Å². The van der Waals surface area contributed by atoms with Gasteiger partial charge in [-0.05, 0) is 40.7 Å². The van der Waals surface area contributed by atoms with Crippen LogP contribution < -0.4 is 16.6 Å².